The zero-order valence-electron chi connectivity index (χ0n) is 17.5. The van der Waals surface area contributed by atoms with Crippen molar-refractivity contribution in [2.45, 2.75) is 11.7 Å². The van der Waals surface area contributed by atoms with E-state index in [2.05, 4.69) is 15.5 Å². The molecule has 0 atom stereocenters. The summed E-state index contributed by atoms with van der Waals surface area (Å²) in [6, 6.07) is 18.1. The standard InChI is InChI=1S/C22H19N5O4S2/c1-31-16-9-10-17(18(12-16)27(29)30)23-20(28)14-33-22-25-24-21(19-8-5-11-32-19)26(22)13-15-6-3-2-4-7-15/h2-12H,13-14H2,1H3,(H,23,28). The monoisotopic (exact) mass is 481 g/mol. The highest BCUT2D eigenvalue weighted by Gasteiger charge is 2.20. The van der Waals surface area contributed by atoms with E-state index < -0.39 is 4.92 Å². The SMILES string of the molecule is COc1ccc(NC(=O)CSc2nnc(-c3cccs3)n2Cc2ccccc2)c([N+](=O)[O-])c1. The number of hydrogen-bond acceptors (Lipinski definition) is 8. The molecule has 9 nitrogen and oxygen atoms in total. The Balaban J connectivity index is 1.51. The third-order valence-electron chi connectivity index (χ3n) is 4.65. The molecule has 0 unspecified atom stereocenters. The third-order valence-corrected chi connectivity index (χ3v) is 6.48. The number of hydrogen-bond donors (Lipinski definition) is 1. The molecule has 0 saturated heterocycles. The van der Waals surface area contributed by atoms with Crippen molar-refractivity contribution in [3.63, 3.8) is 0 Å². The Morgan fingerprint density at radius 3 is 2.70 bits per heavy atom. The minimum atomic E-state index is -0.560. The van der Waals surface area contributed by atoms with Gasteiger partial charge in [-0.05, 0) is 29.1 Å². The first-order chi connectivity index (χ1) is 16.0. The van der Waals surface area contributed by atoms with E-state index >= 15 is 0 Å². The molecule has 4 rings (SSSR count). The molecule has 4 aromatic rings. The van der Waals surface area contributed by atoms with E-state index in [-0.39, 0.29) is 23.0 Å². The van der Waals surface area contributed by atoms with Crippen LogP contribution >= 0.6 is 23.1 Å². The van der Waals surface area contributed by atoms with Crippen molar-refractivity contribution < 1.29 is 14.5 Å². The van der Waals surface area contributed by atoms with Gasteiger partial charge in [0.1, 0.15) is 11.4 Å². The summed E-state index contributed by atoms with van der Waals surface area (Å²) < 4.78 is 6.99. The lowest BCUT2D eigenvalue weighted by Crippen LogP contribution is -2.16. The van der Waals surface area contributed by atoms with Crippen LogP contribution in [0.2, 0.25) is 0 Å². The Kier molecular flexibility index (Phi) is 7.01. The number of nitrogens with zero attached hydrogens (tertiary/aromatic N) is 4. The number of amides is 1. The number of ether oxygens (including phenoxy) is 1. The first-order valence-corrected chi connectivity index (χ1v) is 11.7. The number of methoxy groups -OCH3 is 1. The summed E-state index contributed by atoms with van der Waals surface area (Å²) in [4.78, 5) is 24.4. The summed E-state index contributed by atoms with van der Waals surface area (Å²) >= 11 is 2.78. The lowest BCUT2D eigenvalue weighted by molar-refractivity contribution is -0.384. The van der Waals surface area contributed by atoms with E-state index in [0.29, 0.717) is 17.5 Å². The normalized spacial score (nSPS) is 10.7. The molecule has 2 aromatic heterocycles. The van der Waals surface area contributed by atoms with Gasteiger partial charge in [-0.15, -0.1) is 21.5 Å². The molecule has 33 heavy (non-hydrogen) atoms. The topological polar surface area (TPSA) is 112 Å². The zero-order chi connectivity index (χ0) is 23.2. The molecule has 0 aliphatic carbocycles. The molecule has 0 saturated carbocycles. The van der Waals surface area contributed by atoms with Crippen molar-refractivity contribution >= 4 is 40.4 Å². The summed E-state index contributed by atoms with van der Waals surface area (Å²) in [5.74, 6) is 0.688. The highest BCUT2D eigenvalue weighted by molar-refractivity contribution is 7.99. The number of nitro groups is 1. The van der Waals surface area contributed by atoms with Crippen molar-refractivity contribution in [3.05, 3.63) is 81.7 Å². The average Bonchev–Trinajstić information content (AvgIpc) is 3.48. The number of carbonyl (C=O) groups excluding carboxylic acids is 1. The van der Waals surface area contributed by atoms with Gasteiger partial charge >= 0.3 is 0 Å². The van der Waals surface area contributed by atoms with Gasteiger partial charge in [0.2, 0.25) is 5.91 Å². The molecule has 2 aromatic carbocycles. The fraction of sp³-hybridized carbons (Fsp3) is 0.136. The molecule has 0 radical (unpaired) electrons. The predicted octanol–water partition coefficient (Wildman–Crippen LogP) is 4.70. The molecule has 0 aliphatic heterocycles. The van der Waals surface area contributed by atoms with E-state index in [1.54, 1.807) is 17.4 Å². The number of aromatic nitrogens is 3. The second-order valence-electron chi connectivity index (χ2n) is 6.83. The van der Waals surface area contributed by atoms with Crippen LogP contribution in [0.5, 0.6) is 5.75 Å². The van der Waals surface area contributed by atoms with Gasteiger partial charge in [0.15, 0.2) is 11.0 Å². The minimum Gasteiger partial charge on any atom is -0.496 e. The summed E-state index contributed by atoms with van der Waals surface area (Å²) in [6.45, 7) is 0.551. The third kappa shape index (κ3) is 5.38. The molecular formula is C22H19N5O4S2. The maximum Gasteiger partial charge on any atom is 0.296 e. The number of thioether (sulfide) groups is 1. The number of benzene rings is 2. The maximum atomic E-state index is 12.6. The smallest absolute Gasteiger partial charge is 0.296 e. The van der Waals surface area contributed by atoms with E-state index in [1.165, 1.54) is 31.0 Å². The number of nitrogens with one attached hydrogen (secondary N) is 1. The maximum absolute atomic E-state index is 12.6. The number of carbonyl (C=O) groups is 1. The van der Waals surface area contributed by atoms with E-state index in [1.807, 2.05) is 52.4 Å². The predicted molar refractivity (Wildman–Crippen MR) is 128 cm³/mol. The van der Waals surface area contributed by atoms with E-state index in [4.69, 9.17) is 4.74 Å². The quantitative estimate of drug-likeness (QED) is 0.209. The van der Waals surface area contributed by atoms with Crippen LogP contribution in [0.3, 0.4) is 0 Å². The number of anilines is 1. The Bertz CT molecular complexity index is 1260. The van der Waals surface area contributed by atoms with Crippen molar-refractivity contribution in [2.24, 2.45) is 0 Å². The molecule has 11 heteroatoms. The van der Waals surface area contributed by atoms with Crippen molar-refractivity contribution in [1.29, 1.82) is 0 Å². The molecule has 1 N–H and O–H groups in total. The number of thiophene rings is 1. The molecule has 0 fully saturated rings. The summed E-state index contributed by atoms with van der Waals surface area (Å²) in [6.07, 6.45) is 0. The lowest BCUT2D eigenvalue weighted by atomic mass is 10.2. The highest BCUT2D eigenvalue weighted by atomic mass is 32.2. The van der Waals surface area contributed by atoms with Crippen LogP contribution < -0.4 is 10.1 Å². The molecule has 0 spiro atoms. The van der Waals surface area contributed by atoms with Crippen LogP contribution in [0.25, 0.3) is 10.7 Å². The van der Waals surface area contributed by atoms with Gasteiger partial charge in [-0.3, -0.25) is 19.5 Å². The van der Waals surface area contributed by atoms with Crippen molar-refractivity contribution in [3.8, 4) is 16.5 Å². The van der Waals surface area contributed by atoms with Gasteiger partial charge in [-0.2, -0.15) is 0 Å². The van der Waals surface area contributed by atoms with E-state index in [9.17, 15) is 14.9 Å². The minimum absolute atomic E-state index is 0.0144. The van der Waals surface area contributed by atoms with Crippen LogP contribution in [0.4, 0.5) is 11.4 Å². The molecular weight excluding hydrogens is 462 g/mol. The second kappa shape index (κ2) is 10.3. The Morgan fingerprint density at radius 2 is 2.00 bits per heavy atom. The molecule has 168 valence electrons. The fourth-order valence-corrected chi connectivity index (χ4v) is 4.56. The highest BCUT2D eigenvalue weighted by Crippen LogP contribution is 2.30. The van der Waals surface area contributed by atoms with Crippen LogP contribution in [0.15, 0.2) is 71.2 Å². The van der Waals surface area contributed by atoms with Crippen LogP contribution in [-0.2, 0) is 11.3 Å². The first-order valence-electron chi connectivity index (χ1n) is 9.81. The summed E-state index contributed by atoms with van der Waals surface area (Å²) in [5, 5.41) is 25.2. The van der Waals surface area contributed by atoms with E-state index in [0.717, 1.165) is 16.3 Å². The van der Waals surface area contributed by atoms with Crippen molar-refractivity contribution in [2.75, 3.05) is 18.2 Å². The van der Waals surface area contributed by atoms with Gasteiger partial charge in [-0.25, -0.2) is 0 Å². The molecule has 0 aliphatic rings. The number of rotatable bonds is 9. The zero-order valence-corrected chi connectivity index (χ0v) is 19.1. The molecule has 1 amide bonds. The summed E-state index contributed by atoms with van der Waals surface area (Å²) in [5.41, 5.74) is 0.951. The van der Waals surface area contributed by atoms with Gasteiger partial charge < -0.3 is 10.1 Å². The van der Waals surface area contributed by atoms with Crippen molar-refractivity contribution in [1.82, 2.24) is 14.8 Å². The molecule has 0 bridgehead atoms. The second-order valence-corrected chi connectivity index (χ2v) is 8.72. The largest absolute Gasteiger partial charge is 0.496 e. The van der Waals surface area contributed by atoms with Crippen LogP contribution in [-0.4, -0.2) is 38.5 Å². The van der Waals surface area contributed by atoms with Crippen LogP contribution in [0.1, 0.15) is 5.56 Å². The van der Waals surface area contributed by atoms with Crippen LogP contribution in [0, 0.1) is 10.1 Å². The Morgan fingerprint density at radius 1 is 1.18 bits per heavy atom. The molecule has 2 heterocycles. The lowest BCUT2D eigenvalue weighted by Gasteiger charge is -2.10. The summed E-state index contributed by atoms with van der Waals surface area (Å²) in [7, 11) is 1.42. The van der Waals surface area contributed by atoms with Gasteiger partial charge in [0, 0.05) is 0 Å². The Labute approximate surface area is 197 Å². The van der Waals surface area contributed by atoms with Gasteiger partial charge in [0.25, 0.3) is 5.69 Å². The van der Waals surface area contributed by atoms with Gasteiger partial charge in [-0.1, -0.05) is 48.2 Å². The average molecular weight is 482 g/mol. The fourth-order valence-electron chi connectivity index (χ4n) is 3.10. The number of nitro benzene ring substituents is 1. The Hall–Kier alpha value is -3.70. The first kappa shape index (κ1) is 22.5. The van der Waals surface area contributed by atoms with Gasteiger partial charge in [0.05, 0.1) is 35.3 Å².